The summed E-state index contributed by atoms with van der Waals surface area (Å²) in [4.78, 5) is 16.7. The molecule has 1 amide bonds. The van der Waals surface area contributed by atoms with E-state index in [1.54, 1.807) is 7.11 Å². The number of alkyl carbamates (subject to hydrolysis) is 1. The first-order valence-corrected chi connectivity index (χ1v) is 11.9. The molecular weight excluding hydrogens is 438 g/mol. The number of ether oxygens (including phenoxy) is 2. The summed E-state index contributed by atoms with van der Waals surface area (Å²) < 4.78 is 10.9. The van der Waals surface area contributed by atoms with E-state index in [1.807, 2.05) is 45.0 Å². The number of anilines is 2. The lowest BCUT2D eigenvalue weighted by Gasteiger charge is -2.17. The molecule has 4 rings (SSSR count). The molecule has 4 aromatic rings. The number of aromatic nitrogens is 1. The van der Waals surface area contributed by atoms with Gasteiger partial charge in [-0.1, -0.05) is 12.1 Å². The number of aryl methyl sites for hydroxylation is 3. The van der Waals surface area contributed by atoms with E-state index in [0.29, 0.717) is 13.0 Å². The minimum atomic E-state index is -0.388. The van der Waals surface area contributed by atoms with Crippen molar-refractivity contribution >= 4 is 39.3 Å². The number of carbonyl (C=O) groups excluding carboxylic acids is 1. The van der Waals surface area contributed by atoms with Crippen LogP contribution in [0.15, 0.2) is 48.5 Å². The molecule has 0 bridgehead atoms. The molecule has 3 aromatic carbocycles. The van der Waals surface area contributed by atoms with Crippen LogP contribution >= 0.6 is 0 Å². The predicted octanol–water partition coefficient (Wildman–Crippen LogP) is 6.74. The van der Waals surface area contributed by atoms with E-state index in [-0.39, 0.29) is 12.1 Å². The predicted molar refractivity (Wildman–Crippen MR) is 143 cm³/mol. The number of amides is 1. The first kappa shape index (κ1) is 24.3. The number of nitrogens with one attached hydrogen (secondary N) is 2. The summed E-state index contributed by atoms with van der Waals surface area (Å²) in [6, 6.07) is 16.7. The second kappa shape index (κ2) is 10.2. The monoisotopic (exact) mass is 471 g/mol. The smallest absolute Gasteiger partial charge is 0.407 e. The van der Waals surface area contributed by atoms with Gasteiger partial charge in [0, 0.05) is 35.0 Å². The van der Waals surface area contributed by atoms with Gasteiger partial charge in [0.1, 0.15) is 5.75 Å². The van der Waals surface area contributed by atoms with Crippen LogP contribution in [-0.2, 0) is 11.2 Å². The van der Waals surface area contributed by atoms with Gasteiger partial charge in [-0.25, -0.2) is 9.78 Å². The summed E-state index contributed by atoms with van der Waals surface area (Å²) in [5.41, 5.74) is 8.37. The molecule has 0 saturated carbocycles. The summed E-state index contributed by atoms with van der Waals surface area (Å²) in [6.45, 7) is 10.4. The molecule has 0 spiro atoms. The van der Waals surface area contributed by atoms with Gasteiger partial charge in [0.2, 0.25) is 0 Å². The number of carbonyl (C=O) groups is 1. The van der Waals surface area contributed by atoms with Crippen LogP contribution in [-0.4, -0.2) is 30.8 Å². The largest absolute Gasteiger partial charge is 0.496 e. The first-order chi connectivity index (χ1) is 16.7. The highest BCUT2D eigenvalue weighted by atomic mass is 16.5. The van der Waals surface area contributed by atoms with Gasteiger partial charge >= 0.3 is 6.09 Å². The average molecular weight is 472 g/mol. The second-order valence-electron chi connectivity index (χ2n) is 9.29. The summed E-state index contributed by atoms with van der Waals surface area (Å²) in [5.74, 6) is 0.822. The molecule has 0 aliphatic heterocycles. The Labute approximate surface area is 206 Å². The maximum absolute atomic E-state index is 11.8. The third-order valence-electron chi connectivity index (χ3n) is 6.13. The number of fused-ring (bicyclic) bond motifs is 2. The highest BCUT2D eigenvalue weighted by molar-refractivity contribution is 6.09. The second-order valence-corrected chi connectivity index (χ2v) is 9.29. The normalized spacial score (nSPS) is 11.2. The summed E-state index contributed by atoms with van der Waals surface area (Å²) in [7, 11) is 1.68. The van der Waals surface area contributed by atoms with Crippen molar-refractivity contribution in [1.29, 1.82) is 0 Å². The first-order valence-electron chi connectivity index (χ1n) is 11.9. The van der Waals surface area contributed by atoms with E-state index in [4.69, 9.17) is 14.5 Å². The topological polar surface area (TPSA) is 72.5 Å². The van der Waals surface area contributed by atoms with Crippen LogP contribution < -0.4 is 15.4 Å². The van der Waals surface area contributed by atoms with Crippen LogP contribution in [0.5, 0.6) is 5.75 Å². The van der Waals surface area contributed by atoms with Gasteiger partial charge in [-0.2, -0.15) is 0 Å². The van der Waals surface area contributed by atoms with Gasteiger partial charge in [-0.15, -0.1) is 0 Å². The van der Waals surface area contributed by atoms with Gasteiger partial charge in [-0.05, 0) is 87.2 Å². The van der Waals surface area contributed by atoms with E-state index in [1.165, 1.54) is 11.1 Å². The van der Waals surface area contributed by atoms with Crippen LogP contribution in [0.4, 0.5) is 16.2 Å². The lowest BCUT2D eigenvalue weighted by Crippen LogP contribution is -2.31. The Morgan fingerprint density at radius 2 is 1.63 bits per heavy atom. The maximum Gasteiger partial charge on any atom is 0.407 e. The van der Waals surface area contributed by atoms with Crippen LogP contribution in [0, 0.1) is 20.8 Å². The van der Waals surface area contributed by atoms with Crippen molar-refractivity contribution < 1.29 is 14.3 Å². The summed E-state index contributed by atoms with van der Waals surface area (Å²) >= 11 is 0. The quantitative estimate of drug-likeness (QED) is 0.292. The molecule has 0 atom stereocenters. The number of methoxy groups -OCH3 is 1. The molecule has 6 heteroatoms. The maximum atomic E-state index is 11.8. The lowest BCUT2D eigenvalue weighted by molar-refractivity contribution is 0.145. The van der Waals surface area contributed by atoms with E-state index < -0.39 is 0 Å². The van der Waals surface area contributed by atoms with Crippen molar-refractivity contribution in [2.75, 3.05) is 19.0 Å². The number of hydrogen-bond acceptors (Lipinski definition) is 5. The van der Waals surface area contributed by atoms with Crippen LogP contribution in [0.1, 0.15) is 36.1 Å². The fourth-order valence-corrected chi connectivity index (χ4v) is 4.18. The van der Waals surface area contributed by atoms with Gasteiger partial charge in [0.25, 0.3) is 0 Å². The SMILES string of the molecule is COc1cc2nc3cc(C)c(C)cc3c(Nc3cccc(CCOC(=O)NC(C)C)c3)c2cc1C. The molecule has 35 heavy (non-hydrogen) atoms. The van der Waals surface area contributed by atoms with Gasteiger partial charge in [-0.3, -0.25) is 0 Å². The molecular formula is C29H33N3O3. The Hall–Kier alpha value is -3.80. The number of rotatable bonds is 7. The molecule has 0 unspecified atom stereocenters. The molecule has 0 radical (unpaired) electrons. The van der Waals surface area contributed by atoms with Crippen LogP contribution in [0.2, 0.25) is 0 Å². The molecule has 1 heterocycles. The molecule has 0 fully saturated rings. The minimum absolute atomic E-state index is 0.0519. The molecule has 6 nitrogen and oxygen atoms in total. The van der Waals surface area contributed by atoms with Crippen molar-refractivity contribution in [1.82, 2.24) is 10.3 Å². The molecule has 0 aliphatic carbocycles. The van der Waals surface area contributed by atoms with E-state index in [9.17, 15) is 4.79 Å². The van der Waals surface area contributed by atoms with Crippen molar-refractivity contribution in [2.24, 2.45) is 0 Å². The molecule has 0 saturated heterocycles. The number of benzene rings is 3. The molecule has 2 N–H and O–H groups in total. The third kappa shape index (κ3) is 5.48. The zero-order valence-electron chi connectivity index (χ0n) is 21.3. The summed E-state index contributed by atoms with van der Waals surface area (Å²) in [5, 5.41) is 8.52. The highest BCUT2D eigenvalue weighted by Gasteiger charge is 2.14. The Morgan fingerprint density at radius 1 is 0.943 bits per heavy atom. The minimum Gasteiger partial charge on any atom is -0.496 e. The fourth-order valence-electron chi connectivity index (χ4n) is 4.18. The highest BCUT2D eigenvalue weighted by Crippen LogP contribution is 2.37. The van der Waals surface area contributed by atoms with Crippen molar-refractivity contribution in [2.45, 2.75) is 47.1 Å². The zero-order chi connectivity index (χ0) is 25.1. The van der Waals surface area contributed by atoms with Crippen LogP contribution in [0.3, 0.4) is 0 Å². The van der Waals surface area contributed by atoms with Crippen molar-refractivity contribution in [3.63, 3.8) is 0 Å². The Bertz CT molecular complexity index is 1400. The third-order valence-corrected chi connectivity index (χ3v) is 6.13. The fraction of sp³-hybridized carbons (Fsp3) is 0.310. The van der Waals surface area contributed by atoms with Crippen molar-refractivity contribution in [3.8, 4) is 5.75 Å². The molecule has 0 aliphatic rings. The zero-order valence-corrected chi connectivity index (χ0v) is 21.3. The van der Waals surface area contributed by atoms with E-state index in [0.717, 1.165) is 50.1 Å². The van der Waals surface area contributed by atoms with E-state index in [2.05, 4.69) is 48.7 Å². The van der Waals surface area contributed by atoms with E-state index >= 15 is 0 Å². The molecule has 1 aromatic heterocycles. The Balaban J connectivity index is 1.70. The van der Waals surface area contributed by atoms with Gasteiger partial charge in [0.15, 0.2) is 0 Å². The lowest BCUT2D eigenvalue weighted by atomic mass is 10.0. The van der Waals surface area contributed by atoms with Gasteiger partial charge < -0.3 is 20.1 Å². The standard InChI is InChI=1S/C29H33N3O3/c1-17(2)30-29(33)35-11-10-21-8-7-9-22(15-21)31-28-23-12-18(3)19(4)14-25(23)32-26-16-27(34-6)20(5)13-24(26)28/h7-9,12-17H,10-11H2,1-6H3,(H,30,33)(H,31,32). The molecule has 182 valence electrons. The Kier molecular flexibility index (Phi) is 7.10. The number of hydrogen-bond donors (Lipinski definition) is 2. The average Bonchev–Trinajstić information content (AvgIpc) is 2.80. The summed E-state index contributed by atoms with van der Waals surface area (Å²) in [6.07, 6.45) is 0.244. The number of nitrogens with zero attached hydrogens (tertiary/aromatic N) is 1. The van der Waals surface area contributed by atoms with Crippen molar-refractivity contribution in [3.05, 3.63) is 70.8 Å². The Morgan fingerprint density at radius 3 is 2.34 bits per heavy atom. The van der Waals surface area contributed by atoms with Crippen LogP contribution in [0.25, 0.3) is 21.8 Å². The number of pyridine rings is 1. The van der Waals surface area contributed by atoms with Gasteiger partial charge in [0.05, 0.1) is 30.4 Å².